The number of hydrogen-bond donors (Lipinski definition) is 2. The molecule has 0 aromatic heterocycles. The van der Waals surface area contributed by atoms with Crippen LogP contribution in [0.3, 0.4) is 0 Å². The lowest BCUT2D eigenvalue weighted by molar-refractivity contribution is -0.903. The number of aliphatic carboxylic acids is 2. The molecule has 2 fully saturated rings. The first-order valence-corrected chi connectivity index (χ1v) is 11.9. The molecular weight excluding hydrogens is 434 g/mol. The average molecular weight is 469 g/mol. The van der Waals surface area contributed by atoms with Crippen LogP contribution in [0.15, 0.2) is 42.6 Å². The Morgan fingerprint density at radius 3 is 2.38 bits per heavy atom. The van der Waals surface area contributed by atoms with Gasteiger partial charge in [0.05, 0.1) is 51.9 Å². The molecule has 7 nitrogen and oxygen atoms in total. The fourth-order valence-electron chi connectivity index (χ4n) is 6.13. The van der Waals surface area contributed by atoms with Gasteiger partial charge in [-0.25, -0.2) is 0 Å². The van der Waals surface area contributed by atoms with Crippen LogP contribution >= 0.6 is 0 Å². The lowest BCUT2D eigenvalue weighted by atomic mass is 9.78. The Hall–Kier alpha value is -3.06. The highest BCUT2D eigenvalue weighted by atomic mass is 16.5. The second-order valence-electron chi connectivity index (χ2n) is 9.85. The van der Waals surface area contributed by atoms with E-state index in [0.717, 1.165) is 64.4 Å². The first kappa shape index (κ1) is 24.1. The van der Waals surface area contributed by atoms with Gasteiger partial charge in [0.2, 0.25) is 0 Å². The van der Waals surface area contributed by atoms with Crippen molar-refractivity contribution in [2.24, 2.45) is 11.8 Å². The van der Waals surface area contributed by atoms with E-state index in [0.29, 0.717) is 12.1 Å². The van der Waals surface area contributed by atoms with E-state index >= 15 is 0 Å². The third-order valence-electron chi connectivity index (χ3n) is 8.02. The van der Waals surface area contributed by atoms with Gasteiger partial charge in [-0.05, 0) is 47.6 Å². The molecule has 2 heterocycles. The number of carbonyl (C=O) groups is 2. The molecule has 7 heteroatoms. The summed E-state index contributed by atoms with van der Waals surface area (Å²) in [5.74, 6) is -1.29. The van der Waals surface area contributed by atoms with Gasteiger partial charge in [-0.2, -0.15) is 0 Å². The summed E-state index contributed by atoms with van der Waals surface area (Å²) in [7, 11) is 5.56. The molecule has 2 aliphatic rings. The lowest BCUT2D eigenvalue weighted by Gasteiger charge is -2.45. The summed E-state index contributed by atoms with van der Waals surface area (Å²) in [6.45, 7) is 0. The second-order valence-corrected chi connectivity index (χ2v) is 9.85. The van der Waals surface area contributed by atoms with E-state index in [1.807, 2.05) is 18.2 Å². The molecule has 2 saturated heterocycles. The Morgan fingerprint density at radius 2 is 1.79 bits per heavy atom. The Bertz CT molecular complexity index is 1100. The van der Waals surface area contributed by atoms with Crippen molar-refractivity contribution in [2.45, 2.75) is 50.6 Å². The van der Waals surface area contributed by atoms with Crippen molar-refractivity contribution in [3.05, 3.63) is 48.2 Å². The summed E-state index contributed by atoms with van der Waals surface area (Å²) < 4.78 is 11.8. The molecule has 3 atom stereocenters. The second kappa shape index (κ2) is 9.66. The van der Waals surface area contributed by atoms with Crippen LogP contribution in [0.5, 0.6) is 11.5 Å². The SMILES string of the molecule is COc1ccc2cc(CC=C[N+]3(C)C4CCC3CC(C(CC(=O)O)C(=O)O)C4)cc(OC)c2c1. The van der Waals surface area contributed by atoms with E-state index in [2.05, 4.69) is 31.5 Å². The zero-order valence-electron chi connectivity index (χ0n) is 20.1. The first-order valence-electron chi connectivity index (χ1n) is 11.9. The number of benzene rings is 2. The fourth-order valence-corrected chi connectivity index (χ4v) is 6.13. The monoisotopic (exact) mass is 468 g/mol. The van der Waals surface area contributed by atoms with Crippen LogP contribution in [0.25, 0.3) is 10.8 Å². The van der Waals surface area contributed by atoms with Crippen molar-refractivity contribution in [1.29, 1.82) is 0 Å². The molecule has 2 aliphatic heterocycles. The van der Waals surface area contributed by atoms with Gasteiger partial charge in [0, 0.05) is 31.1 Å². The van der Waals surface area contributed by atoms with E-state index in [4.69, 9.17) is 9.47 Å². The summed E-state index contributed by atoms with van der Waals surface area (Å²) >= 11 is 0. The standard InChI is InChI=1S/C27H33NO6/c1-28(20-7-8-21(28)14-19(13-20)24(27(31)32)16-26(29)30)10-4-5-17-11-18-6-9-22(33-2)15-23(18)25(12-17)34-3/h4,6,9-12,15,19-21,24H,5,7-8,13-14,16H2,1-3H3,(H-,29,30,31,32)/p+1. The number of quaternary nitrogens is 1. The van der Waals surface area contributed by atoms with Gasteiger partial charge in [0.15, 0.2) is 0 Å². The van der Waals surface area contributed by atoms with Gasteiger partial charge in [-0.1, -0.05) is 12.1 Å². The zero-order valence-corrected chi connectivity index (χ0v) is 20.1. The zero-order chi connectivity index (χ0) is 24.5. The van der Waals surface area contributed by atoms with Crippen molar-refractivity contribution in [1.82, 2.24) is 0 Å². The molecule has 4 rings (SSSR count). The Balaban J connectivity index is 1.50. The van der Waals surface area contributed by atoms with Crippen molar-refractivity contribution < 1.29 is 33.8 Å². The maximum Gasteiger partial charge on any atom is 0.307 e. The number of hydrogen-bond acceptors (Lipinski definition) is 4. The first-order chi connectivity index (χ1) is 16.2. The molecule has 0 spiro atoms. The molecule has 0 radical (unpaired) electrons. The predicted molar refractivity (Wildman–Crippen MR) is 129 cm³/mol. The van der Waals surface area contributed by atoms with Crippen molar-refractivity contribution >= 4 is 22.7 Å². The molecule has 2 aromatic carbocycles. The quantitative estimate of drug-likeness (QED) is 0.527. The molecule has 2 bridgehead atoms. The third-order valence-corrected chi connectivity index (χ3v) is 8.02. The molecule has 182 valence electrons. The minimum Gasteiger partial charge on any atom is -0.497 e. The largest absolute Gasteiger partial charge is 0.497 e. The number of carboxylic acid groups (broad SMARTS) is 2. The van der Waals surface area contributed by atoms with Crippen LogP contribution in [0.4, 0.5) is 0 Å². The fraction of sp³-hybridized carbons (Fsp3) is 0.481. The smallest absolute Gasteiger partial charge is 0.307 e. The summed E-state index contributed by atoms with van der Waals surface area (Å²) in [6.07, 6.45) is 8.57. The van der Waals surface area contributed by atoms with Crippen LogP contribution in [0.2, 0.25) is 0 Å². The third kappa shape index (κ3) is 4.62. The molecule has 0 aliphatic carbocycles. The van der Waals surface area contributed by atoms with E-state index in [9.17, 15) is 19.8 Å². The van der Waals surface area contributed by atoms with Gasteiger partial charge < -0.3 is 19.7 Å². The topological polar surface area (TPSA) is 93.1 Å². The van der Waals surface area contributed by atoms with Gasteiger partial charge in [-0.15, -0.1) is 0 Å². The number of methoxy groups -OCH3 is 2. The van der Waals surface area contributed by atoms with Crippen LogP contribution in [0, 0.1) is 11.8 Å². The number of rotatable bonds is 9. The van der Waals surface area contributed by atoms with E-state index < -0.39 is 17.9 Å². The number of nitrogens with zero attached hydrogens (tertiary/aromatic N) is 1. The maximum absolute atomic E-state index is 11.7. The molecule has 34 heavy (non-hydrogen) atoms. The summed E-state index contributed by atoms with van der Waals surface area (Å²) in [5, 5.41) is 20.9. The van der Waals surface area contributed by atoms with Crippen LogP contribution in [-0.2, 0) is 16.0 Å². The van der Waals surface area contributed by atoms with Gasteiger partial charge >= 0.3 is 11.9 Å². The average Bonchev–Trinajstić information content (AvgIpc) is 2.97. The van der Waals surface area contributed by atoms with Crippen molar-refractivity contribution in [2.75, 3.05) is 21.3 Å². The van der Waals surface area contributed by atoms with Crippen LogP contribution < -0.4 is 9.47 Å². The summed E-state index contributed by atoms with van der Waals surface area (Å²) in [4.78, 5) is 22.9. The summed E-state index contributed by atoms with van der Waals surface area (Å²) in [6, 6.07) is 10.9. The maximum atomic E-state index is 11.7. The minimum atomic E-state index is -1.04. The highest BCUT2D eigenvalue weighted by Crippen LogP contribution is 2.46. The summed E-state index contributed by atoms with van der Waals surface area (Å²) in [5.41, 5.74) is 1.16. The lowest BCUT2D eigenvalue weighted by Crippen LogP contribution is -2.55. The number of carboxylic acids is 2. The molecule has 0 saturated carbocycles. The van der Waals surface area contributed by atoms with Crippen LogP contribution in [-0.4, -0.2) is 60.0 Å². The molecule has 2 aromatic rings. The number of ether oxygens (including phenoxy) is 2. The number of piperidine rings is 1. The number of allylic oxidation sites excluding steroid dienone is 1. The van der Waals surface area contributed by atoms with Gasteiger partial charge in [0.1, 0.15) is 11.5 Å². The molecular formula is C27H34NO6+. The van der Waals surface area contributed by atoms with Crippen LogP contribution in [0.1, 0.15) is 37.7 Å². The highest BCUT2D eigenvalue weighted by molar-refractivity contribution is 5.90. The minimum absolute atomic E-state index is 0.0764. The molecule has 3 unspecified atom stereocenters. The Kier molecular flexibility index (Phi) is 6.84. The van der Waals surface area contributed by atoms with E-state index in [1.165, 1.54) is 0 Å². The predicted octanol–water partition coefficient (Wildman–Crippen LogP) is 4.48. The number of fused-ring (bicyclic) bond motifs is 3. The normalized spacial score (nSPS) is 27.1. The van der Waals surface area contributed by atoms with Gasteiger partial charge in [0.25, 0.3) is 0 Å². The molecule has 2 N–H and O–H groups in total. The van der Waals surface area contributed by atoms with E-state index in [-0.39, 0.29) is 12.3 Å². The van der Waals surface area contributed by atoms with Crippen molar-refractivity contribution in [3.63, 3.8) is 0 Å². The molecule has 0 amide bonds. The Morgan fingerprint density at radius 1 is 1.09 bits per heavy atom. The van der Waals surface area contributed by atoms with E-state index in [1.54, 1.807) is 14.2 Å². The van der Waals surface area contributed by atoms with Gasteiger partial charge in [-0.3, -0.25) is 14.1 Å². The Labute approximate surface area is 200 Å². The van der Waals surface area contributed by atoms with Crippen molar-refractivity contribution in [3.8, 4) is 11.5 Å². The highest BCUT2D eigenvalue weighted by Gasteiger charge is 2.52.